The first-order chi connectivity index (χ1) is 9.59. The fourth-order valence-electron chi connectivity index (χ4n) is 1.64. The van der Waals surface area contributed by atoms with Crippen molar-refractivity contribution in [3.8, 4) is 0 Å². The van der Waals surface area contributed by atoms with Crippen molar-refractivity contribution in [1.29, 1.82) is 0 Å². The summed E-state index contributed by atoms with van der Waals surface area (Å²) in [5.74, 6) is 0. The molecule has 0 atom stereocenters. The van der Waals surface area contributed by atoms with Crippen LogP contribution in [0.3, 0.4) is 0 Å². The van der Waals surface area contributed by atoms with Crippen LogP contribution in [0.15, 0.2) is 35.3 Å². The highest BCUT2D eigenvalue weighted by Crippen LogP contribution is 2.35. The molecule has 1 aromatic heterocycles. The predicted octanol–water partition coefficient (Wildman–Crippen LogP) is 4.91. The number of aliphatic imine (C=N–C) groups is 1. The van der Waals surface area contributed by atoms with Crippen LogP contribution in [0.1, 0.15) is 12.6 Å². The number of hydrogen-bond acceptors (Lipinski definition) is 2. The molecule has 0 saturated heterocycles. The van der Waals surface area contributed by atoms with Gasteiger partial charge in [-0.2, -0.15) is 26.3 Å². The number of nitrogens with zero attached hydrogens (tertiary/aromatic N) is 2. The van der Waals surface area contributed by atoms with Crippen molar-refractivity contribution in [1.82, 2.24) is 4.98 Å². The molecule has 0 amide bonds. The first kappa shape index (κ1) is 15.3. The standard InChI is InChI=1S/C13H8F6N2/c1-7(12(14,15)16)20-10-6-11(13(17,18)19)21-9-5-3-2-4-8(9)10/h2-6H,1H3. The lowest BCUT2D eigenvalue weighted by Gasteiger charge is -2.11. The van der Waals surface area contributed by atoms with Crippen molar-refractivity contribution >= 4 is 22.3 Å². The summed E-state index contributed by atoms with van der Waals surface area (Å²) in [6.45, 7) is 0.697. The van der Waals surface area contributed by atoms with Crippen LogP contribution in [0.25, 0.3) is 10.9 Å². The maximum atomic E-state index is 12.7. The summed E-state index contributed by atoms with van der Waals surface area (Å²) < 4.78 is 75.7. The molecule has 0 unspecified atom stereocenters. The van der Waals surface area contributed by atoms with Gasteiger partial charge in [-0.1, -0.05) is 18.2 Å². The van der Waals surface area contributed by atoms with Gasteiger partial charge in [0.15, 0.2) is 0 Å². The van der Waals surface area contributed by atoms with Crippen LogP contribution < -0.4 is 0 Å². The van der Waals surface area contributed by atoms with Gasteiger partial charge in [-0.3, -0.25) is 0 Å². The molecule has 112 valence electrons. The van der Waals surface area contributed by atoms with E-state index in [1.54, 1.807) is 0 Å². The van der Waals surface area contributed by atoms with Gasteiger partial charge in [0.1, 0.15) is 11.4 Å². The normalized spacial score (nSPS) is 13.8. The van der Waals surface area contributed by atoms with Gasteiger partial charge in [0.25, 0.3) is 0 Å². The van der Waals surface area contributed by atoms with E-state index < -0.39 is 29.4 Å². The summed E-state index contributed by atoms with van der Waals surface area (Å²) in [7, 11) is 0. The third-order valence-electron chi connectivity index (χ3n) is 2.68. The van der Waals surface area contributed by atoms with Crippen molar-refractivity contribution in [2.24, 2.45) is 4.99 Å². The number of halogens is 6. The van der Waals surface area contributed by atoms with E-state index in [9.17, 15) is 26.3 Å². The zero-order valence-electron chi connectivity index (χ0n) is 10.5. The second-order valence-corrected chi connectivity index (χ2v) is 4.24. The molecule has 0 fully saturated rings. The van der Waals surface area contributed by atoms with E-state index in [0.29, 0.717) is 13.0 Å². The number of pyridine rings is 1. The van der Waals surface area contributed by atoms with Gasteiger partial charge < -0.3 is 0 Å². The smallest absolute Gasteiger partial charge is 0.248 e. The molecule has 2 nitrogen and oxygen atoms in total. The van der Waals surface area contributed by atoms with Crippen LogP contribution in [-0.4, -0.2) is 16.9 Å². The Morgan fingerprint density at radius 2 is 1.67 bits per heavy atom. The lowest BCUT2D eigenvalue weighted by molar-refractivity contribution is -0.140. The first-order valence-corrected chi connectivity index (χ1v) is 5.68. The van der Waals surface area contributed by atoms with Crippen LogP contribution in [0, 0.1) is 0 Å². The van der Waals surface area contributed by atoms with E-state index in [1.807, 2.05) is 0 Å². The molecule has 1 aromatic carbocycles. The Morgan fingerprint density at radius 1 is 1.05 bits per heavy atom. The third kappa shape index (κ3) is 3.32. The minimum Gasteiger partial charge on any atom is -0.248 e. The average molecular weight is 306 g/mol. The van der Waals surface area contributed by atoms with Gasteiger partial charge in [0.2, 0.25) is 0 Å². The minimum atomic E-state index is -4.76. The second kappa shape index (κ2) is 5.01. The number of aromatic nitrogens is 1. The molecule has 2 rings (SSSR count). The highest BCUT2D eigenvalue weighted by Gasteiger charge is 2.35. The van der Waals surface area contributed by atoms with E-state index in [4.69, 9.17) is 0 Å². The van der Waals surface area contributed by atoms with Crippen LogP contribution in [0.5, 0.6) is 0 Å². The van der Waals surface area contributed by atoms with Gasteiger partial charge in [-0.15, -0.1) is 0 Å². The van der Waals surface area contributed by atoms with E-state index in [1.165, 1.54) is 24.3 Å². The summed E-state index contributed by atoms with van der Waals surface area (Å²) in [5.41, 5.74) is -2.99. The molecule has 8 heteroatoms. The SMILES string of the molecule is CC(=Nc1cc(C(F)(F)F)nc2ccccc12)C(F)(F)F. The first-order valence-electron chi connectivity index (χ1n) is 5.68. The largest absolute Gasteiger partial charge is 0.433 e. The molecule has 21 heavy (non-hydrogen) atoms. The van der Waals surface area contributed by atoms with Crippen molar-refractivity contribution in [3.63, 3.8) is 0 Å². The highest BCUT2D eigenvalue weighted by molar-refractivity contribution is 5.96. The van der Waals surface area contributed by atoms with Crippen LogP contribution in [-0.2, 0) is 6.18 Å². The topological polar surface area (TPSA) is 25.2 Å². The molecule has 0 saturated carbocycles. The predicted molar refractivity (Wildman–Crippen MR) is 65.6 cm³/mol. The fourth-order valence-corrected chi connectivity index (χ4v) is 1.64. The Morgan fingerprint density at radius 3 is 2.24 bits per heavy atom. The molecule has 0 aliphatic rings. The number of benzene rings is 1. The van der Waals surface area contributed by atoms with Crippen molar-refractivity contribution in [2.45, 2.75) is 19.3 Å². The Kier molecular flexibility index (Phi) is 3.65. The molecule has 0 aliphatic heterocycles. The molecule has 0 bridgehead atoms. The summed E-state index contributed by atoms with van der Waals surface area (Å²) in [5, 5.41) is 0.120. The van der Waals surface area contributed by atoms with Crippen molar-refractivity contribution < 1.29 is 26.3 Å². The molecule has 1 heterocycles. The Bertz CT molecular complexity index is 700. The van der Waals surface area contributed by atoms with Crippen molar-refractivity contribution in [3.05, 3.63) is 36.0 Å². The number of para-hydroxylation sites is 1. The lowest BCUT2D eigenvalue weighted by Crippen LogP contribution is -2.19. The summed E-state index contributed by atoms with van der Waals surface area (Å²) >= 11 is 0. The van der Waals surface area contributed by atoms with Crippen LogP contribution >= 0.6 is 0 Å². The average Bonchev–Trinajstić information content (AvgIpc) is 2.36. The molecule has 2 aromatic rings. The van der Waals surface area contributed by atoms with Gasteiger partial charge >= 0.3 is 12.4 Å². The van der Waals surface area contributed by atoms with Gasteiger partial charge in [-0.25, -0.2) is 9.98 Å². The Labute approximate surface area is 115 Å². The zero-order chi connectivity index (χ0) is 15.8. The van der Waals surface area contributed by atoms with E-state index in [2.05, 4.69) is 9.98 Å². The third-order valence-corrected chi connectivity index (χ3v) is 2.68. The zero-order valence-corrected chi connectivity index (χ0v) is 10.5. The van der Waals surface area contributed by atoms with E-state index in [-0.39, 0.29) is 10.9 Å². The van der Waals surface area contributed by atoms with Gasteiger partial charge in [0.05, 0.1) is 11.2 Å². The number of rotatable bonds is 1. The maximum absolute atomic E-state index is 12.7. The van der Waals surface area contributed by atoms with Gasteiger partial charge in [-0.05, 0) is 19.1 Å². The van der Waals surface area contributed by atoms with Crippen LogP contribution in [0.2, 0.25) is 0 Å². The number of fused-ring (bicyclic) bond motifs is 1. The second-order valence-electron chi connectivity index (χ2n) is 4.24. The van der Waals surface area contributed by atoms with Gasteiger partial charge in [0, 0.05) is 5.39 Å². The fraction of sp³-hybridized carbons (Fsp3) is 0.231. The van der Waals surface area contributed by atoms with E-state index in [0.717, 1.165) is 0 Å². The molecular weight excluding hydrogens is 298 g/mol. The monoisotopic (exact) mass is 306 g/mol. The summed E-state index contributed by atoms with van der Waals surface area (Å²) in [6.07, 6.45) is -9.47. The Hall–Kier alpha value is -2.12. The summed E-state index contributed by atoms with van der Waals surface area (Å²) in [4.78, 5) is 6.69. The molecule has 0 radical (unpaired) electrons. The molecular formula is C13H8F6N2. The molecule has 0 spiro atoms. The van der Waals surface area contributed by atoms with Crippen molar-refractivity contribution in [2.75, 3.05) is 0 Å². The van der Waals surface area contributed by atoms with E-state index >= 15 is 0 Å². The summed E-state index contributed by atoms with van der Waals surface area (Å²) in [6, 6.07) is 6.09. The maximum Gasteiger partial charge on any atom is 0.433 e. The lowest BCUT2D eigenvalue weighted by atomic mass is 10.1. The number of alkyl halides is 6. The molecule has 0 N–H and O–H groups in total. The van der Waals surface area contributed by atoms with Crippen LogP contribution in [0.4, 0.5) is 32.0 Å². The quantitative estimate of drug-likeness (QED) is 0.543. The Balaban J connectivity index is 2.72. The number of hydrogen-bond donors (Lipinski definition) is 0. The minimum absolute atomic E-state index is 0.0685. The highest BCUT2D eigenvalue weighted by atomic mass is 19.4. The molecule has 0 aliphatic carbocycles.